The summed E-state index contributed by atoms with van der Waals surface area (Å²) in [7, 11) is 1.66. The van der Waals surface area contributed by atoms with E-state index in [-0.39, 0.29) is 5.75 Å². The molecule has 2 aromatic rings. The third kappa shape index (κ3) is 3.91. The van der Waals surface area contributed by atoms with Gasteiger partial charge >= 0.3 is 0 Å². The van der Waals surface area contributed by atoms with E-state index in [9.17, 15) is 5.11 Å². The summed E-state index contributed by atoms with van der Waals surface area (Å²) in [5.74, 6) is 1.79. The second-order valence-corrected chi connectivity index (χ2v) is 4.45. The van der Waals surface area contributed by atoms with E-state index in [2.05, 4.69) is 0 Å². The van der Waals surface area contributed by atoms with Gasteiger partial charge in [0.2, 0.25) is 0 Å². The molecule has 0 fully saturated rings. The normalized spacial score (nSPS) is 10.2. The van der Waals surface area contributed by atoms with Gasteiger partial charge in [0.25, 0.3) is 0 Å². The Morgan fingerprint density at radius 1 is 1.00 bits per heavy atom. The van der Waals surface area contributed by atoms with Crippen LogP contribution in [0.2, 0.25) is 0 Å². The highest BCUT2D eigenvalue weighted by Gasteiger charge is 1.99. The SMILES string of the molecule is COc1ccc(CCOc2cc(C)cc(O)c2)cc1. The minimum Gasteiger partial charge on any atom is -0.508 e. The number of phenols is 1. The summed E-state index contributed by atoms with van der Waals surface area (Å²) in [6.45, 7) is 2.51. The lowest BCUT2D eigenvalue weighted by molar-refractivity contribution is 0.319. The number of phenolic OH excluding ortho intramolecular Hbond substituents is 1. The zero-order valence-corrected chi connectivity index (χ0v) is 11.2. The van der Waals surface area contributed by atoms with E-state index >= 15 is 0 Å². The van der Waals surface area contributed by atoms with Gasteiger partial charge in [-0.25, -0.2) is 0 Å². The fraction of sp³-hybridized carbons (Fsp3) is 0.250. The fourth-order valence-electron chi connectivity index (χ4n) is 1.89. The predicted octanol–water partition coefficient (Wildman–Crippen LogP) is 3.33. The Kier molecular flexibility index (Phi) is 4.29. The molecule has 0 aliphatic carbocycles. The lowest BCUT2D eigenvalue weighted by atomic mass is 10.1. The molecule has 2 rings (SSSR count). The Balaban J connectivity index is 1.88. The van der Waals surface area contributed by atoms with Crippen molar-refractivity contribution in [2.45, 2.75) is 13.3 Å². The highest BCUT2D eigenvalue weighted by molar-refractivity contribution is 5.36. The molecule has 2 aromatic carbocycles. The van der Waals surface area contributed by atoms with Gasteiger partial charge < -0.3 is 14.6 Å². The molecule has 0 spiro atoms. The van der Waals surface area contributed by atoms with Crippen molar-refractivity contribution in [2.75, 3.05) is 13.7 Å². The van der Waals surface area contributed by atoms with Crippen LogP contribution < -0.4 is 9.47 Å². The van der Waals surface area contributed by atoms with Crippen LogP contribution in [0.5, 0.6) is 17.2 Å². The van der Waals surface area contributed by atoms with Crippen molar-refractivity contribution in [1.82, 2.24) is 0 Å². The molecule has 0 unspecified atom stereocenters. The number of methoxy groups -OCH3 is 1. The molecule has 0 saturated heterocycles. The Bertz CT molecular complexity index is 512. The van der Waals surface area contributed by atoms with Gasteiger partial charge in [-0.3, -0.25) is 0 Å². The van der Waals surface area contributed by atoms with Crippen molar-refractivity contribution in [3.05, 3.63) is 53.6 Å². The van der Waals surface area contributed by atoms with Gasteiger partial charge in [0, 0.05) is 12.5 Å². The van der Waals surface area contributed by atoms with Crippen LogP contribution in [-0.4, -0.2) is 18.8 Å². The average Bonchev–Trinajstić information content (AvgIpc) is 2.38. The summed E-state index contributed by atoms with van der Waals surface area (Å²) in [6.07, 6.45) is 0.818. The first-order chi connectivity index (χ1) is 9.17. The molecule has 0 heterocycles. The lowest BCUT2D eigenvalue weighted by Gasteiger charge is -2.08. The fourth-order valence-corrected chi connectivity index (χ4v) is 1.89. The summed E-state index contributed by atoms with van der Waals surface area (Å²) in [4.78, 5) is 0. The molecular weight excluding hydrogens is 240 g/mol. The van der Waals surface area contributed by atoms with Crippen LogP contribution in [0.1, 0.15) is 11.1 Å². The Morgan fingerprint density at radius 2 is 1.74 bits per heavy atom. The molecule has 0 bridgehead atoms. The number of aromatic hydroxyl groups is 1. The summed E-state index contributed by atoms with van der Waals surface area (Å²) >= 11 is 0. The molecule has 0 aliphatic heterocycles. The first-order valence-electron chi connectivity index (χ1n) is 6.24. The van der Waals surface area contributed by atoms with Crippen molar-refractivity contribution >= 4 is 0 Å². The maximum absolute atomic E-state index is 9.47. The van der Waals surface area contributed by atoms with E-state index < -0.39 is 0 Å². The van der Waals surface area contributed by atoms with Crippen molar-refractivity contribution in [1.29, 1.82) is 0 Å². The van der Waals surface area contributed by atoms with Gasteiger partial charge in [-0.2, -0.15) is 0 Å². The summed E-state index contributed by atoms with van der Waals surface area (Å²) in [5, 5.41) is 9.47. The smallest absolute Gasteiger partial charge is 0.123 e. The molecular formula is C16H18O3. The van der Waals surface area contributed by atoms with Crippen LogP contribution in [0.3, 0.4) is 0 Å². The first kappa shape index (κ1) is 13.3. The van der Waals surface area contributed by atoms with Gasteiger partial charge in [-0.1, -0.05) is 12.1 Å². The zero-order valence-electron chi connectivity index (χ0n) is 11.2. The number of benzene rings is 2. The second-order valence-electron chi connectivity index (χ2n) is 4.45. The van der Waals surface area contributed by atoms with Gasteiger partial charge in [0.05, 0.1) is 13.7 Å². The molecule has 19 heavy (non-hydrogen) atoms. The molecule has 3 nitrogen and oxygen atoms in total. The van der Waals surface area contributed by atoms with Crippen molar-refractivity contribution in [2.24, 2.45) is 0 Å². The number of ether oxygens (including phenoxy) is 2. The molecule has 0 amide bonds. The number of aryl methyl sites for hydroxylation is 1. The van der Waals surface area contributed by atoms with Gasteiger partial charge in [-0.05, 0) is 42.3 Å². The van der Waals surface area contributed by atoms with Crippen molar-refractivity contribution < 1.29 is 14.6 Å². The monoisotopic (exact) mass is 258 g/mol. The molecule has 100 valence electrons. The first-order valence-corrected chi connectivity index (χ1v) is 6.24. The van der Waals surface area contributed by atoms with Crippen LogP contribution in [0, 0.1) is 6.92 Å². The minimum atomic E-state index is 0.236. The molecule has 0 aromatic heterocycles. The Morgan fingerprint density at radius 3 is 2.37 bits per heavy atom. The van der Waals surface area contributed by atoms with E-state index in [1.807, 2.05) is 37.3 Å². The number of hydrogen-bond acceptors (Lipinski definition) is 3. The minimum absolute atomic E-state index is 0.236. The van der Waals surface area contributed by atoms with Crippen molar-refractivity contribution in [3.63, 3.8) is 0 Å². The standard InChI is InChI=1S/C16H18O3/c1-12-9-14(17)11-16(10-12)19-8-7-13-3-5-15(18-2)6-4-13/h3-6,9-11,17H,7-8H2,1-2H3. The van der Waals surface area contributed by atoms with E-state index in [0.717, 1.165) is 17.7 Å². The molecule has 0 radical (unpaired) electrons. The van der Waals surface area contributed by atoms with E-state index in [4.69, 9.17) is 9.47 Å². The van der Waals surface area contributed by atoms with Crippen LogP contribution >= 0.6 is 0 Å². The topological polar surface area (TPSA) is 38.7 Å². The third-order valence-electron chi connectivity index (χ3n) is 2.85. The second kappa shape index (κ2) is 6.14. The predicted molar refractivity (Wildman–Crippen MR) is 75.0 cm³/mol. The Hall–Kier alpha value is -2.16. The van der Waals surface area contributed by atoms with Gasteiger partial charge in [0.1, 0.15) is 17.2 Å². The van der Waals surface area contributed by atoms with Gasteiger partial charge in [-0.15, -0.1) is 0 Å². The van der Waals surface area contributed by atoms with Crippen LogP contribution in [0.25, 0.3) is 0 Å². The summed E-state index contributed by atoms with van der Waals surface area (Å²) in [5.41, 5.74) is 2.18. The highest BCUT2D eigenvalue weighted by atomic mass is 16.5. The molecule has 1 N–H and O–H groups in total. The summed E-state index contributed by atoms with van der Waals surface area (Å²) < 4.78 is 10.7. The number of rotatable bonds is 5. The average molecular weight is 258 g/mol. The van der Waals surface area contributed by atoms with Crippen molar-refractivity contribution in [3.8, 4) is 17.2 Å². The van der Waals surface area contributed by atoms with E-state index in [1.165, 1.54) is 5.56 Å². The van der Waals surface area contributed by atoms with E-state index in [1.54, 1.807) is 19.2 Å². The third-order valence-corrected chi connectivity index (χ3v) is 2.85. The summed E-state index contributed by atoms with van der Waals surface area (Å²) in [6, 6.07) is 13.2. The quantitative estimate of drug-likeness (QED) is 0.894. The Labute approximate surface area is 113 Å². The van der Waals surface area contributed by atoms with Gasteiger partial charge in [0.15, 0.2) is 0 Å². The maximum Gasteiger partial charge on any atom is 0.123 e. The lowest BCUT2D eigenvalue weighted by Crippen LogP contribution is -2.01. The van der Waals surface area contributed by atoms with Crippen LogP contribution in [0.15, 0.2) is 42.5 Å². The maximum atomic E-state index is 9.47. The van der Waals surface area contributed by atoms with Crippen LogP contribution in [-0.2, 0) is 6.42 Å². The highest BCUT2D eigenvalue weighted by Crippen LogP contribution is 2.21. The van der Waals surface area contributed by atoms with Crippen LogP contribution in [0.4, 0.5) is 0 Å². The molecule has 0 saturated carbocycles. The largest absolute Gasteiger partial charge is 0.508 e. The number of hydrogen-bond donors (Lipinski definition) is 1. The molecule has 3 heteroatoms. The zero-order chi connectivity index (χ0) is 13.7. The molecule has 0 aliphatic rings. The molecule has 0 atom stereocenters. The van der Waals surface area contributed by atoms with E-state index in [0.29, 0.717) is 12.4 Å².